The van der Waals surface area contributed by atoms with Gasteiger partial charge in [-0.25, -0.2) is 4.99 Å². The lowest BCUT2D eigenvalue weighted by Gasteiger charge is -2.24. The molecule has 0 aliphatic carbocycles. The van der Waals surface area contributed by atoms with Crippen LogP contribution in [0.15, 0.2) is 68.5 Å². The van der Waals surface area contributed by atoms with Crippen LogP contribution < -0.4 is 5.84 Å². The van der Waals surface area contributed by atoms with Gasteiger partial charge in [-0.15, -0.1) is 5.11 Å². The van der Waals surface area contributed by atoms with Crippen LogP contribution >= 0.6 is 0 Å². The van der Waals surface area contributed by atoms with E-state index in [4.69, 9.17) is 5.84 Å². The summed E-state index contributed by atoms with van der Waals surface area (Å²) in [6.45, 7) is 6.02. The van der Waals surface area contributed by atoms with Gasteiger partial charge in [0, 0.05) is 49.3 Å². The van der Waals surface area contributed by atoms with E-state index in [-0.39, 0.29) is 24.8 Å². The Labute approximate surface area is 222 Å². The maximum Gasteiger partial charge on any atom is 0.253 e. The van der Waals surface area contributed by atoms with Crippen LogP contribution in [-0.2, 0) is 4.79 Å². The number of likely N-dealkylation sites (tertiary alicyclic amines) is 1. The Kier molecular flexibility index (Phi) is 8.73. The zero-order valence-corrected chi connectivity index (χ0v) is 21.8. The predicted molar refractivity (Wildman–Crippen MR) is 148 cm³/mol. The summed E-state index contributed by atoms with van der Waals surface area (Å²) in [6.07, 6.45) is 4.82. The number of carbonyl (C=O) groups is 2. The van der Waals surface area contributed by atoms with Crippen LogP contribution in [0.3, 0.4) is 0 Å². The number of benzene rings is 2. The second kappa shape index (κ2) is 12.4. The zero-order valence-electron chi connectivity index (χ0n) is 21.8. The molecule has 0 radical (unpaired) electrons. The highest BCUT2D eigenvalue weighted by Gasteiger charge is 2.24. The quantitative estimate of drug-likeness (QED) is 0.226. The molecule has 2 aromatic rings. The Bertz CT molecular complexity index is 1280. The Morgan fingerprint density at radius 1 is 1.11 bits per heavy atom. The van der Waals surface area contributed by atoms with Gasteiger partial charge in [-0.05, 0) is 61.6 Å². The summed E-state index contributed by atoms with van der Waals surface area (Å²) in [4.78, 5) is 45.3. The molecule has 1 atom stereocenters. The second-order valence-electron chi connectivity index (χ2n) is 9.65. The maximum absolute atomic E-state index is 13.4. The zero-order chi connectivity index (χ0) is 27.1. The van der Waals surface area contributed by atoms with Crippen molar-refractivity contribution in [1.29, 1.82) is 0 Å². The highest BCUT2D eigenvalue weighted by Crippen LogP contribution is 2.33. The van der Waals surface area contributed by atoms with Gasteiger partial charge in [0.05, 0.1) is 5.69 Å². The van der Waals surface area contributed by atoms with Crippen LogP contribution in [0, 0.1) is 4.91 Å². The number of aliphatic imine (C=N–C) groups is 1. The van der Waals surface area contributed by atoms with E-state index in [9.17, 15) is 14.5 Å². The lowest BCUT2D eigenvalue weighted by Crippen LogP contribution is -2.37. The molecule has 198 valence electrons. The first-order chi connectivity index (χ1) is 18.4. The minimum Gasteiger partial charge on any atom is -0.339 e. The first-order valence-corrected chi connectivity index (χ1v) is 13.0. The van der Waals surface area contributed by atoms with Gasteiger partial charge in [-0.1, -0.05) is 41.6 Å². The van der Waals surface area contributed by atoms with Crippen molar-refractivity contribution in [2.75, 3.05) is 26.2 Å². The molecule has 0 bridgehead atoms. The monoisotopic (exact) mass is 515 g/mol. The van der Waals surface area contributed by atoms with Gasteiger partial charge < -0.3 is 15.6 Å². The van der Waals surface area contributed by atoms with Crippen molar-refractivity contribution in [3.8, 4) is 11.1 Å². The number of hydrogen-bond donors (Lipinski definition) is 1. The third-order valence-electron chi connectivity index (χ3n) is 6.71. The number of fused-ring (bicyclic) bond motifs is 1. The van der Waals surface area contributed by atoms with E-state index in [2.05, 4.69) is 20.5 Å². The van der Waals surface area contributed by atoms with E-state index in [1.165, 1.54) is 0 Å². The normalized spacial score (nSPS) is 15.9. The Morgan fingerprint density at radius 3 is 2.47 bits per heavy atom. The summed E-state index contributed by atoms with van der Waals surface area (Å²) in [5, 5.41) is 10.4. The maximum atomic E-state index is 13.4. The Hall–Kier alpha value is -4.21. The molecule has 1 fully saturated rings. The largest absolute Gasteiger partial charge is 0.339 e. The number of hydrogen-bond acceptors (Lipinski definition) is 7. The van der Waals surface area contributed by atoms with Gasteiger partial charge in [0.15, 0.2) is 5.84 Å². The molecule has 1 saturated heterocycles. The van der Waals surface area contributed by atoms with E-state index < -0.39 is 6.04 Å². The van der Waals surface area contributed by atoms with Gasteiger partial charge in [-0.2, -0.15) is 4.91 Å². The molecule has 0 aromatic heterocycles. The summed E-state index contributed by atoms with van der Waals surface area (Å²) in [6, 6.07) is 12.9. The highest BCUT2D eigenvalue weighted by atomic mass is 16.3. The van der Waals surface area contributed by atoms with Gasteiger partial charge in [0.2, 0.25) is 5.91 Å². The van der Waals surface area contributed by atoms with Crippen molar-refractivity contribution in [3.63, 3.8) is 0 Å². The molecule has 2 amide bonds. The number of nitroso groups, excluding NO2 is 1. The molecule has 38 heavy (non-hydrogen) atoms. The summed E-state index contributed by atoms with van der Waals surface area (Å²) in [5.41, 5.74) is 4.42. The van der Waals surface area contributed by atoms with Crippen molar-refractivity contribution in [2.45, 2.75) is 45.6 Å². The summed E-state index contributed by atoms with van der Waals surface area (Å²) in [5.74, 6) is 5.51. The molecule has 2 N–H and O–H groups in total. The number of nitrogens with two attached hydrogens (primary N) is 1. The van der Waals surface area contributed by atoms with Gasteiger partial charge in [0.25, 0.3) is 5.91 Å². The second-order valence-corrected chi connectivity index (χ2v) is 9.65. The van der Waals surface area contributed by atoms with Crippen LogP contribution in [0.5, 0.6) is 0 Å². The van der Waals surface area contributed by atoms with Crippen molar-refractivity contribution in [2.24, 2.45) is 26.3 Å². The smallest absolute Gasteiger partial charge is 0.253 e. The predicted octanol–water partition coefficient (Wildman–Crippen LogP) is 5.13. The average Bonchev–Trinajstić information content (AvgIpc) is 3.41. The molecular formula is C28H33N7O3. The van der Waals surface area contributed by atoms with Crippen molar-refractivity contribution in [3.05, 3.63) is 64.1 Å². The lowest BCUT2D eigenvalue weighted by atomic mass is 9.99. The van der Waals surface area contributed by atoms with Gasteiger partial charge in [0.1, 0.15) is 6.04 Å². The Balaban J connectivity index is 1.64. The number of amides is 2. The van der Waals surface area contributed by atoms with E-state index in [0.29, 0.717) is 29.2 Å². The number of nitrogens with zero attached hydrogens (tertiary/aromatic N) is 6. The van der Waals surface area contributed by atoms with Crippen LogP contribution in [0.2, 0.25) is 0 Å². The highest BCUT2D eigenvalue weighted by molar-refractivity contribution is 6.06. The van der Waals surface area contributed by atoms with E-state index in [0.717, 1.165) is 49.0 Å². The van der Waals surface area contributed by atoms with E-state index >= 15 is 0 Å². The van der Waals surface area contributed by atoms with Gasteiger partial charge >= 0.3 is 0 Å². The summed E-state index contributed by atoms with van der Waals surface area (Å²) in [7, 11) is 0. The molecule has 2 heterocycles. The van der Waals surface area contributed by atoms with Crippen molar-refractivity contribution < 1.29 is 9.59 Å². The fraction of sp³-hybridized carbons (Fsp3) is 0.393. The molecule has 2 aliphatic heterocycles. The molecule has 2 aromatic carbocycles. The van der Waals surface area contributed by atoms with Crippen molar-refractivity contribution >= 4 is 29.4 Å². The standard InChI is InChI=1S/C28H33N7O3/c1-3-12-35(18-19(2)32-38)28(37)24-15-23-11-10-22(16-25(23)30-26(17-24)31-33-29)20-6-8-21(9-7-20)27(36)34-13-4-5-14-34/h6-11,15-16,19H,3-5,12-14,17-18H2,1-2H3,(H2,29,30,31)/t19-/m1/s1. The van der Waals surface area contributed by atoms with Crippen LogP contribution in [0.4, 0.5) is 5.69 Å². The van der Waals surface area contributed by atoms with Crippen molar-refractivity contribution in [1.82, 2.24) is 9.80 Å². The van der Waals surface area contributed by atoms with E-state index in [1.807, 2.05) is 60.4 Å². The van der Waals surface area contributed by atoms with Crippen LogP contribution in [-0.4, -0.2) is 59.7 Å². The fourth-order valence-corrected chi connectivity index (χ4v) is 4.80. The minimum absolute atomic E-state index is 0.0649. The summed E-state index contributed by atoms with van der Waals surface area (Å²) < 4.78 is 0. The lowest BCUT2D eigenvalue weighted by molar-refractivity contribution is -0.127. The number of rotatable bonds is 8. The SMILES string of the molecule is CCCN(C[C@@H](C)N=O)C(=O)C1=Cc2ccc(-c3ccc(C(=O)N4CCCC4)cc3)cc2N=C(N=NN)C1. The average molecular weight is 516 g/mol. The first kappa shape index (κ1) is 26.8. The van der Waals surface area contributed by atoms with Crippen LogP contribution in [0.1, 0.15) is 55.5 Å². The summed E-state index contributed by atoms with van der Waals surface area (Å²) >= 11 is 0. The Morgan fingerprint density at radius 2 is 1.82 bits per heavy atom. The molecule has 0 unspecified atom stereocenters. The first-order valence-electron chi connectivity index (χ1n) is 13.0. The molecule has 2 aliphatic rings. The third-order valence-corrected chi connectivity index (χ3v) is 6.71. The molecule has 10 heteroatoms. The fourth-order valence-electron chi connectivity index (χ4n) is 4.80. The number of amidine groups is 1. The molecular weight excluding hydrogens is 482 g/mol. The van der Waals surface area contributed by atoms with Gasteiger partial charge in [-0.3, -0.25) is 9.59 Å². The van der Waals surface area contributed by atoms with Crippen LogP contribution in [0.25, 0.3) is 17.2 Å². The van der Waals surface area contributed by atoms with E-state index in [1.54, 1.807) is 11.8 Å². The molecule has 0 saturated carbocycles. The third kappa shape index (κ3) is 6.19. The molecule has 10 nitrogen and oxygen atoms in total. The topological polar surface area (TPSA) is 133 Å². The molecule has 4 rings (SSSR count). The molecule has 0 spiro atoms. The minimum atomic E-state index is -0.513. The number of carbonyl (C=O) groups excluding carboxylic acids is 2.